The summed E-state index contributed by atoms with van der Waals surface area (Å²) in [4.78, 5) is 22.7. The van der Waals surface area contributed by atoms with E-state index in [2.05, 4.69) is 29.2 Å². The van der Waals surface area contributed by atoms with E-state index in [1.165, 1.54) is 23.2 Å². The molecule has 2 aromatic carbocycles. The number of amides is 1. The number of benzene rings is 2. The highest BCUT2D eigenvalue weighted by atomic mass is 35.5. The number of sulfone groups is 1. The molecule has 10 heteroatoms. The van der Waals surface area contributed by atoms with E-state index < -0.39 is 9.84 Å². The Morgan fingerprint density at radius 1 is 1.09 bits per heavy atom. The van der Waals surface area contributed by atoms with Gasteiger partial charge in [-0.1, -0.05) is 35.1 Å². The molecule has 0 atom stereocenters. The molecule has 0 spiro atoms. The van der Waals surface area contributed by atoms with E-state index in [0.29, 0.717) is 35.9 Å². The maximum absolute atomic E-state index is 13.1. The first-order valence-electron chi connectivity index (χ1n) is 9.89. The second-order valence-electron chi connectivity index (χ2n) is 7.63. The number of hydrogen-bond acceptors (Lipinski definition) is 7. The van der Waals surface area contributed by atoms with Crippen LogP contribution in [0.4, 0.5) is 5.13 Å². The molecule has 0 radical (unpaired) electrons. The highest BCUT2D eigenvalue weighted by molar-refractivity contribution is 7.99. The summed E-state index contributed by atoms with van der Waals surface area (Å²) in [6.45, 7) is 3.23. The number of hydrogen-bond donors (Lipinski definition) is 0. The van der Waals surface area contributed by atoms with Gasteiger partial charge in [-0.25, -0.2) is 13.4 Å². The smallest absolute Gasteiger partial charge is 0.229 e. The number of carbonyl (C=O) groups excluding carboxylic acids is 1. The number of nitrogens with zero attached hydrogens (tertiary/aromatic N) is 3. The van der Waals surface area contributed by atoms with Gasteiger partial charge in [-0.3, -0.25) is 9.69 Å². The van der Waals surface area contributed by atoms with E-state index in [9.17, 15) is 13.2 Å². The summed E-state index contributed by atoms with van der Waals surface area (Å²) in [7, 11) is 0.502. The summed E-state index contributed by atoms with van der Waals surface area (Å²) in [5.74, 6) is 0.654. The third kappa shape index (κ3) is 6.92. The fraction of sp³-hybridized carbons (Fsp3) is 0.364. The van der Waals surface area contributed by atoms with Gasteiger partial charge < -0.3 is 4.90 Å². The van der Waals surface area contributed by atoms with Gasteiger partial charge in [-0.2, -0.15) is 0 Å². The van der Waals surface area contributed by atoms with E-state index in [0.717, 1.165) is 9.60 Å². The van der Waals surface area contributed by atoms with Crippen molar-refractivity contribution in [3.63, 3.8) is 0 Å². The molecule has 32 heavy (non-hydrogen) atoms. The fourth-order valence-corrected chi connectivity index (χ4v) is 5.75. The summed E-state index contributed by atoms with van der Waals surface area (Å²) in [5, 5.41) is 0.540. The van der Waals surface area contributed by atoms with Crippen molar-refractivity contribution in [3.8, 4) is 0 Å². The summed E-state index contributed by atoms with van der Waals surface area (Å²) >= 11 is 3.00. The van der Waals surface area contributed by atoms with Crippen molar-refractivity contribution in [2.45, 2.75) is 23.1 Å². The minimum absolute atomic E-state index is 0. The number of aryl methyl sites for hydroxylation is 1. The molecule has 1 aromatic heterocycles. The number of thiazole rings is 1. The van der Waals surface area contributed by atoms with Crippen molar-refractivity contribution in [2.75, 3.05) is 44.1 Å². The van der Waals surface area contributed by atoms with Crippen LogP contribution < -0.4 is 4.90 Å². The van der Waals surface area contributed by atoms with Crippen LogP contribution in [0, 0.1) is 6.92 Å². The van der Waals surface area contributed by atoms with E-state index in [4.69, 9.17) is 0 Å². The zero-order chi connectivity index (χ0) is 22.6. The lowest BCUT2D eigenvalue weighted by molar-refractivity contribution is -0.118. The van der Waals surface area contributed by atoms with Crippen LogP contribution in [0.1, 0.15) is 12.0 Å². The number of para-hydroxylation sites is 1. The number of aromatic nitrogens is 1. The van der Waals surface area contributed by atoms with Crippen LogP contribution >= 0.6 is 35.5 Å². The lowest BCUT2D eigenvalue weighted by Gasteiger charge is -2.22. The first kappa shape index (κ1) is 26.6. The molecule has 0 N–H and O–H groups in total. The monoisotopic (exact) mass is 513 g/mol. The van der Waals surface area contributed by atoms with E-state index >= 15 is 0 Å². The third-order valence-corrected chi connectivity index (χ3v) is 7.86. The Labute approximate surface area is 204 Å². The third-order valence-electron chi connectivity index (χ3n) is 4.68. The van der Waals surface area contributed by atoms with Crippen molar-refractivity contribution in [2.24, 2.45) is 0 Å². The lowest BCUT2D eigenvalue weighted by atomic mass is 10.2. The number of likely N-dealkylation sites (N-methyl/N-ethyl adjacent to an activating group) is 1. The molecule has 0 aliphatic heterocycles. The van der Waals surface area contributed by atoms with Crippen LogP contribution in [0.5, 0.6) is 0 Å². The molecule has 0 unspecified atom stereocenters. The van der Waals surface area contributed by atoms with Crippen molar-refractivity contribution in [3.05, 3.63) is 48.0 Å². The molecule has 0 aliphatic carbocycles. The molecular weight excluding hydrogens is 486 g/mol. The summed E-state index contributed by atoms with van der Waals surface area (Å²) in [6.07, 6.45) is 1.55. The van der Waals surface area contributed by atoms with Crippen LogP contribution in [0.15, 0.2) is 52.3 Å². The molecule has 0 saturated heterocycles. The first-order valence-corrected chi connectivity index (χ1v) is 13.6. The zero-order valence-electron chi connectivity index (χ0n) is 18.6. The average Bonchev–Trinajstić information content (AvgIpc) is 3.12. The van der Waals surface area contributed by atoms with Gasteiger partial charge in [0, 0.05) is 36.4 Å². The molecule has 0 saturated carbocycles. The van der Waals surface area contributed by atoms with Crippen molar-refractivity contribution in [1.82, 2.24) is 9.88 Å². The van der Waals surface area contributed by atoms with Crippen LogP contribution in [0.3, 0.4) is 0 Å². The minimum Gasteiger partial charge on any atom is -0.308 e. The topological polar surface area (TPSA) is 70.6 Å². The molecule has 0 fully saturated rings. The summed E-state index contributed by atoms with van der Waals surface area (Å²) in [6, 6.07) is 13.4. The van der Waals surface area contributed by atoms with Crippen molar-refractivity contribution < 1.29 is 13.2 Å². The SMILES string of the molecule is Cc1ccc(SCCC(=O)N(CCN(C)C)c2nc3c(S(C)(=O)=O)cccc3s2)cc1.Cl. The molecule has 0 bridgehead atoms. The van der Waals surface area contributed by atoms with Crippen LogP contribution in [-0.2, 0) is 14.6 Å². The fourth-order valence-electron chi connectivity index (χ4n) is 2.98. The van der Waals surface area contributed by atoms with E-state index in [-0.39, 0.29) is 23.2 Å². The quantitative estimate of drug-likeness (QED) is 0.392. The summed E-state index contributed by atoms with van der Waals surface area (Å²) in [5.41, 5.74) is 1.64. The van der Waals surface area contributed by atoms with Gasteiger partial charge in [0.2, 0.25) is 5.91 Å². The number of carbonyl (C=O) groups is 1. The predicted octanol–water partition coefficient (Wildman–Crippen LogP) is 4.51. The molecule has 1 amide bonds. The Bertz CT molecular complexity index is 1160. The minimum atomic E-state index is -3.41. The molecule has 174 valence electrons. The average molecular weight is 514 g/mol. The van der Waals surface area contributed by atoms with Gasteiger partial charge in [0.05, 0.1) is 9.60 Å². The molecule has 6 nitrogen and oxygen atoms in total. The molecule has 0 aliphatic rings. The lowest BCUT2D eigenvalue weighted by Crippen LogP contribution is -2.36. The molecule has 3 rings (SSSR count). The van der Waals surface area contributed by atoms with Gasteiger partial charge in [-0.15, -0.1) is 24.2 Å². The van der Waals surface area contributed by atoms with Gasteiger partial charge in [-0.05, 0) is 45.3 Å². The number of fused-ring (bicyclic) bond motifs is 1. The Morgan fingerprint density at radius 3 is 2.41 bits per heavy atom. The van der Waals surface area contributed by atoms with Gasteiger partial charge in [0.15, 0.2) is 15.0 Å². The Balaban J connectivity index is 0.00000363. The van der Waals surface area contributed by atoms with Crippen molar-refractivity contribution in [1.29, 1.82) is 0 Å². The van der Waals surface area contributed by atoms with Gasteiger partial charge in [0.1, 0.15) is 5.52 Å². The largest absolute Gasteiger partial charge is 0.308 e. The van der Waals surface area contributed by atoms with Crippen LogP contribution in [0.25, 0.3) is 10.2 Å². The number of thioether (sulfide) groups is 1. The standard InChI is InChI=1S/C22H27N3O3S3.ClH/c1-16-8-10-17(11-9-16)29-15-12-20(26)25(14-13-24(2)3)22-23-21-18(30-22)6-5-7-19(21)31(4,27)28;/h5-11H,12-15H2,1-4H3;1H. The number of halogens is 1. The molecule has 3 aromatic rings. The summed E-state index contributed by atoms with van der Waals surface area (Å²) < 4.78 is 25.1. The number of anilines is 1. The Hall–Kier alpha value is -1.65. The normalized spacial score (nSPS) is 11.5. The highest BCUT2D eigenvalue weighted by Crippen LogP contribution is 2.33. The van der Waals surface area contributed by atoms with Crippen LogP contribution in [0.2, 0.25) is 0 Å². The molecular formula is C22H28ClN3O3S3. The zero-order valence-corrected chi connectivity index (χ0v) is 21.8. The second kappa shape index (κ2) is 11.5. The van der Waals surface area contributed by atoms with Gasteiger partial charge in [0.25, 0.3) is 0 Å². The van der Waals surface area contributed by atoms with E-state index in [1.54, 1.807) is 28.8 Å². The van der Waals surface area contributed by atoms with Gasteiger partial charge >= 0.3 is 0 Å². The Morgan fingerprint density at radius 2 is 1.78 bits per heavy atom. The number of rotatable bonds is 9. The second-order valence-corrected chi connectivity index (χ2v) is 11.8. The maximum Gasteiger partial charge on any atom is 0.229 e. The van der Waals surface area contributed by atoms with Crippen molar-refractivity contribution >= 4 is 66.6 Å². The van der Waals surface area contributed by atoms with Crippen LogP contribution in [-0.4, -0.2) is 63.4 Å². The predicted molar refractivity (Wildman–Crippen MR) is 137 cm³/mol. The highest BCUT2D eigenvalue weighted by Gasteiger charge is 2.22. The molecule has 1 heterocycles. The first-order chi connectivity index (χ1) is 14.6. The van der Waals surface area contributed by atoms with E-state index in [1.807, 2.05) is 32.0 Å². The Kier molecular flexibility index (Phi) is 9.53. The maximum atomic E-state index is 13.1.